The molecule has 0 fully saturated rings. The van der Waals surface area contributed by atoms with Crippen LogP contribution >= 0.6 is 11.3 Å². The molecular formula is C14H15N3O2S. The van der Waals surface area contributed by atoms with E-state index >= 15 is 0 Å². The minimum atomic E-state index is -0.0456. The van der Waals surface area contributed by atoms with Crippen molar-refractivity contribution in [2.75, 3.05) is 17.2 Å². The molecule has 1 aliphatic heterocycles. The van der Waals surface area contributed by atoms with Gasteiger partial charge in [-0.05, 0) is 24.6 Å². The van der Waals surface area contributed by atoms with Crippen LogP contribution in [0.3, 0.4) is 0 Å². The van der Waals surface area contributed by atoms with Gasteiger partial charge in [-0.3, -0.25) is 4.79 Å². The molecule has 6 heteroatoms. The van der Waals surface area contributed by atoms with E-state index in [1.807, 2.05) is 13.0 Å². The Morgan fingerprint density at radius 3 is 3.15 bits per heavy atom. The lowest BCUT2D eigenvalue weighted by Crippen LogP contribution is -2.22. The number of rotatable bonds is 3. The van der Waals surface area contributed by atoms with Crippen LogP contribution in [0.25, 0.3) is 0 Å². The van der Waals surface area contributed by atoms with Crippen LogP contribution in [0, 0.1) is 0 Å². The highest BCUT2D eigenvalue weighted by Crippen LogP contribution is 2.42. The summed E-state index contributed by atoms with van der Waals surface area (Å²) in [6, 6.07) is 7.06. The molecule has 2 aromatic rings. The molecule has 2 heterocycles. The number of anilines is 2. The van der Waals surface area contributed by atoms with Crippen molar-refractivity contribution in [1.82, 2.24) is 4.98 Å². The van der Waals surface area contributed by atoms with Crippen LogP contribution in [0.2, 0.25) is 0 Å². The molecule has 1 aromatic heterocycles. The summed E-state index contributed by atoms with van der Waals surface area (Å²) < 4.78 is 0. The first-order chi connectivity index (χ1) is 9.67. The number of thiazole rings is 1. The maximum absolute atomic E-state index is 11.8. The van der Waals surface area contributed by atoms with Gasteiger partial charge in [-0.1, -0.05) is 23.5 Å². The number of aromatic nitrogens is 1. The first-order valence-electron chi connectivity index (χ1n) is 6.50. The third-order valence-electron chi connectivity index (χ3n) is 3.22. The molecule has 1 aromatic carbocycles. The molecule has 3 rings (SSSR count). The van der Waals surface area contributed by atoms with Gasteiger partial charge in [0.05, 0.1) is 4.88 Å². The summed E-state index contributed by atoms with van der Waals surface area (Å²) in [5.74, 6) is 0.761. The van der Waals surface area contributed by atoms with Gasteiger partial charge in [0.1, 0.15) is 11.6 Å². The summed E-state index contributed by atoms with van der Waals surface area (Å²) >= 11 is 1.55. The maximum atomic E-state index is 11.8. The number of nitrogens with zero attached hydrogens (tertiary/aromatic N) is 1. The molecule has 1 amide bonds. The quantitative estimate of drug-likeness (QED) is 0.812. The minimum Gasteiger partial charge on any atom is -0.508 e. The van der Waals surface area contributed by atoms with Crippen LogP contribution in [0.1, 0.15) is 29.7 Å². The fraction of sp³-hybridized carbons (Fsp3) is 0.286. The molecular weight excluding hydrogens is 274 g/mol. The lowest BCUT2D eigenvalue weighted by atomic mass is 9.91. The van der Waals surface area contributed by atoms with Gasteiger partial charge in [-0.25, -0.2) is 4.98 Å². The summed E-state index contributed by atoms with van der Waals surface area (Å²) in [5.41, 5.74) is 0.938. The van der Waals surface area contributed by atoms with E-state index in [9.17, 15) is 9.90 Å². The second-order valence-electron chi connectivity index (χ2n) is 4.66. The zero-order valence-electron chi connectivity index (χ0n) is 11.0. The summed E-state index contributed by atoms with van der Waals surface area (Å²) in [7, 11) is 0. The summed E-state index contributed by atoms with van der Waals surface area (Å²) in [5, 5.41) is 16.4. The van der Waals surface area contributed by atoms with Crippen molar-refractivity contribution in [1.29, 1.82) is 0 Å². The van der Waals surface area contributed by atoms with E-state index in [-0.39, 0.29) is 17.6 Å². The van der Waals surface area contributed by atoms with Crippen molar-refractivity contribution in [2.24, 2.45) is 0 Å². The molecule has 0 saturated carbocycles. The Morgan fingerprint density at radius 1 is 1.55 bits per heavy atom. The smallest absolute Gasteiger partial charge is 0.226 e. The Morgan fingerprint density at radius 2 is 2.40 bits per heavy atom. The predicted octanol–water partition coefficient (Wildman–Crippen LogP) is 2.75. The fourth-order valence-corrected chi connectivity index (χ4v) is 3.47. The summed E-state index contributed by atoms with van der Waals surface area (Å²) in [4.78, 5) is 17.3. The molecule has 0 aliphatic carbocycles. The number of hydrogen-bond donors (Lipinski definition) is 3. The Labute approximate surface area is 120 Å². The number of hydrogen-bond acceptors (Lipinski definition) is 5. The summed E-state index contributed by atoms with van der Waals surface area (Å²) in [6.07, 6.45) is 0.379. The number of phenols is 1. The fourth-order valence-electron chi connectivity index (χ4n) is 2.36. The number of amides is 1. The first-order valence-corrected chi connectivity index (χ1v) is 7.32. The van der Waals surface area contributed by atoms with Crippen molar-refractivity contribution in [3.63, 3.8) is 0 Å². The number of fused-ring (bicyclic) bond motifs is 1. The van der Waals surface area contributed by atoms with Gasteiger partial charge >= 0.3 is 0 Å². The maximum Gasteiger partial charge on any atom is 0.226 e. The van der Waals surface area contributed by atoms with E-state index in [4.69, 9.17) is 0 Å². The highest BCUT2D eigenvalue weighted by molar-refractivity contribution is 7.16. The van der Waals surface area contributed by atoms with Crippen molar-refractivity contribution < 1.29 is 9.90 Å². The van der Waals surface area contributed by atoms with E-state index in [2.05, 4.69) is 15.6 Å². The molecule has 1 aliphatic rings. The highest BCUT2D eigenvalue weighted by Gasteiger charge is 2.30. The third kappa shape index (κ3) is 2.34. The zero-order valence-corrected chi connectivity index (χ0v) is 11.8. The van der Waals surface area contributed by atoms with E-state index in [1.165, 1.54) is 0 Å². The van der Waals surface area contributed by atoms with Crippen molar-refractivity contribution in [3.05, 3.63) is 34.7 Å². The van der Waals surface area contributed by atoms with E-state index in [0.717, 1.165) is 22.1 Å². The van der Waals surface area contributed by atoms with Crippen molar-refractivity contribution in [3.8, 4) is 5.75 Å². The van der Waals surface area contributed by atoms with E-state index in [1.54, 1.807) is 29.5 Å². The van der Waals surface area contributed by atoms with Gasteiger partial charge in [-0.15, -0.1) is 0 Å². The molecule has 0 unspecified atom stereocenters. The number of carbonyl (C=O) groups excluding carboxylic acids is 1. The first kappa shape index (κ1) is 12.9. The van der Waals surface area contributed by atoms with Crippen LogP contribution < -0.4 is 10.6 Å². The van der Waals surface area contributed by atoms with Gasteiger partial charge in [0, 0.05) is 18.9 Å². The summed E-state index contributed by atoms with van der Waals surface area (Å²) in [6.45, 7) is 2.79. The van der Waals surface area contributed by atoms with Gasteiger partial charge < -0.3 is 15.7 Å². The Balaban J connectivity index is 2.03. The Bertz CT molecular complexity index is 654. The lowest BCUT2D eigenvalue weighted by Gasteiger charge is -2.21. The Hall–Kier alpha value is -2.08. The molecule has 5 nitrogen and oxygen atoms in total. The van der Waals surface area contributed by atoms with E-state index in [0.29, 0.717) is 12.2 Å². The van der Waals surface area contributed by atoms with Gasteiger partial charge in [-0.2, -0.15) is 0 Å². The molecule has 20 heavy (non-hydrogen) atoms. The van der Waals surface area contributed by atoms with E-state index < -0.39 is 0 Å². The van der Waals surface area contributed by atoms with Crippen LogP contribution in [0.5, 0.6) is 5.75 Å². The minimum absolute atomic E-state index is 0.0424. The largest absolute Gasteiger partial charge is 0.508 e. The molecule has 0 spiro atoms. The average molecular weight is 289 g/mol. The Kier molecular flexibility index (Phi) is 3.31. The zero-order chi connectivity index (χ0) is 14.1. The lowest BCUT2D eigenvalue weighted by molar-refractivity contribution is -0.116. The van der Waals surface area contributed by atoms with Crippen molar-refractivity contribution in [2.45, 2.75) is 19.3 Å². The van der Waals surface area contributed by atoms with Crippen LogP contribution in [0.15, 0.2) is 24.3 Å². The normalized spacial score (nSPS) is 17.4. The van der Waals surface area contributed by atoms with Gasteiger partial charge in [0.15, 0.2) is 5.13 Å². The third-order valence-corrected chi connectivity index (χ3v) is 4.34. The number of phenolic OH excluding ortho intramolecular Hbond substituents is 1. The molecule has 104 valence electrons. The predicted molar refractivity (Wildman–Crippen MR) is 79.5 cm³/mol. The highest BCUT2D eigenvalue weighted by atomic mass is 32.1. The topological polar surface area (TPSA) is 74.2 Å². The molecule has 1 atom stereocenters. The number of nitrogens with one attached hydrogen (secondary N) is 2. The second kappa shape index (κ2) is 5.13. The monoisotopic (exact) mass is 289 g/mol. The average Bonchev–Trinajstić information content (AvgIpc) is 2.80. The number of benzene rings is 1. The standard InChI is InChI=1S/C14H15N3O2S/c1-2-15-14-17-13-12(20-14)10(7-11(19)16-13)8-4-3-5-9(18)6-8/h3-6,10,18H,2,7H2,1H3,(H,15,17)(H,16,19)/t10-/m1/s1. The van der Waals surface area contributed by atoms with Crippen LogP contribution in [-0.4, -0.2) is 22.5 Å². The molecule has 0 radical (unpaired) electrons. The SMILES string of the molecule is CCNc1nc2c(s1)[C@@H](c1cccc(O)c1)CC(=O)N2. The van der Waals surface area contributed by atoms with Crippen LogP contribution in [-0.2, 0) is 4.79 Å². The van der Waals surface area contributed by atoms with Gasteiger partial charge in [0.2, 0.25) is 5.91 Å². The van der Waals surface area contributed by atoms with Gasteiger partial charge in [0.25, 0.3) is 0 Å². The second-order valence-corrected chi connectivity index (χ2v) is 5.69. The van der Waals surface area contributed by atoms with Crippen molar-refractivity contribution >= 4 is 28.2 Å². The molecule has 0 bridgehead atoms. The van der Waals surface area contributed by atoms with Crippen LogP contribution in [0.4, 0.5) is 10.9 Å². The number of aromatic hydroxyl groups is 1. The molecule has 3 N–H and O–H groups in total. The number of carbonyl (C=O) groups is 1. The molecule has 0 saturated heterocycles.